The van der Waals surface area contributed by atoms with Gasteiger partial charge in [-0.3, -0.25) is 9.59 Å². The van der Waals surface area contributed by atoms with Crippen LogP contribution in [0.2, 0.25) is 5.15 Å². The Hall–Kier alpha value is -2.73. The maximum atomic E-state index is 12.6. The fraction of sp³-hybridized carbons (Fsp3) is 0.176. The van der Waals surface area contributed by atoms with Crippen LogP contribution in [0, 0.1) is 0 Å². The van der Waals surface area contributed by atoms with E-state index in [9.17, 15) is 9.59 Å². The van der Waals surface area contributed by atoms with Gasteiger partial charge in [-0.1, -0.05) is 35.9 Å². The Morgan fingerprint density at radius 1 is 1.21 bits per heavy atom. The van der Waals surface area contributed by atoms with Crippen molar-refractivity contribution in [3.63, 3.8) is 0 Å². The summed E-state index contributed by atoms with van der Waals surface area (Å²) in [5.74, 6) is -0.411. The van der Waals surface area contributed by atoms with Crippen LogP contribution < -0.4 is 5.56 Å². The molecule has 0 radical (unpaired) electrons. The summed E-state index contributed by atoms with van der Waals surface area (Å²) in [5.41, 5.74) is 1.06. The lowest BCUT2D eigenvalue weighted by atomic mass is 10.1. The SMILES string of the molecule is COC(=O)Cc1nn(Cc2ccc(Cl)nc2)c(=O)c2ccccc12. The summed E-state index contributed by atoms with van der Waals surface area (Å²) in [7, 11) is 1.32. The molecule has 0 aliphatic heterocycles. The number of nitrogens with zero attached hydrogens (tertiary/aromatic N) is 3. The van der Waals surface area contributed by atoms with E-state index in [1.165, 1.54) is 11.8 Å². The van der Waals surface area contributed by atoms with Crippen LogP contribution in [0.1, 0.15) is 11.3 Å². The van der Waals surface area contributed by atoms with E-state index < -0.39 is 5.97 Å². The van der Waals surface area contributed by atoms with Gasteiger partial charge in [-0.25, -0.2) is 9.67 Å². The number of methoxy groups -OCH3 is 1. The second-order valence-electron chi connectivity index (χ2n) is 5.20. The molecule has 0 bridgehead atoms. The van der Waals surface area contributed by atoms with Gasteiger partial charge >= 0.3 is 5.97 Å². The molecule has 0 amide bonds. The molecule has 2 aromatic heterocycles. The Morgan fingerprint density at radius 3 is 2.62 bits per heavy atom. The molecule has 0 atom stereocenters. The molecule has 1 aromatic carbocycles. The molecule has 0 aliphatic rings. The Bertz CT molecular complexity index is 951. The minimum Gasteiger partial charge on any atom is -0.469 e. The summed E-state index contributed by atoms with van der Waals surface area (Å²) in [5, 5.41) is 5.89. The zero-order chi connectivity index (χ0) is 17.1. The first kappa shape index (κ1) is 16.1. The number of pyridine rings is 1. The van der Waals surface area contributed by atoms with Crippen LogP contribution in [0.3, 0.4) is 0 Å². The summed E-state index contributed by atoms with van der Waals surface area (Å²) < 4.78 is 6.04. The quantitative estimate of drug-likeness (QED) is 0.536. The van der Waals surface area contributed by atoms with Crippen molar-refractivity contribution >= 4 is 28.3 Å². The molecule has 122 valence electrons. The summed E-state index contributed by atoms with van der Waals surface area (Å²) >= 11 is 5.78. The molecule has 2 heterocycles. The van der Waals surface area contributed by atoms with Crippen LogP contribution in [0.25, 0.3) is 10.8 Å². The number of halogens is 1. The van der Waals surface area contributed by atoms with E-state index in [0.717, 1.165) is 5.56 Å². The minimum atomic E-state index is -0.411. The average molecular weight is 344 g/mol. The molecule has 0 fully saturated rings. The van der Waals surface area contributed by atoms with E-state index in [1.807, 2.05) is 0 Å². The second kappa shape index (κ2) is 6.80. The fourth-order valence-corrected chi connectivity index (χ4v) is 2.54. The Kier molecular flexibility index (Phi) is 4.57. The van der Waals surface area contributed by atoms with Gasteiger partial charge in [0, 0.05) is 11.6 Å². The predicted octanol–water partition coefficient (Wildman–Crippen LogP) is 2.21. The first-order valence-corrected chi connectivity index (χ1v) is 7.62. The minimum absolute atomic E-state index is 0.00381. The van der Waals surface area contributed by atoms with Gasteiger partial charge in [-0.2, -0.15) is 5.10 Å². The van der Waals surface area contributed by atoms with Crippen LogP contribution in [0.15, 0.2) is 47.4 Å². The number of fused-ring (bicyclic) bond motifs is 1. The topological polar surface area (TPSA) is 74.1 Å². The highest BCUT2D eigenvalue weighted by atomic mass is 35.5. The lowest BCUT2D eigenvalue weighted by molar-refractivity contribution is -0.139. The number of carbonyl (C=O) groups excluding carboxylic acids is 1. The zero-order valence-electron chi connectivity index (χ0n) is 12.9. The molecule has 3 rings (SSSR count). The number of benzene rings is 1. The summed E-state index contributed by atoms with van der Waals surface area (Å²) in [6.45, 7) is 0.238. The molecular formula is C17H14ClN3O3. The van der Waals surface area contributed by atoms with Crippen molar-refractivity contribution in [2.24, 2.45) is 0 Å². The predicted molar refractivity (Wildman–Crippen MR) is 90.1 cm³/mol. The van der Waals surface area contributed by atoms with Crippen LogP contribution >= 0.6 is 11.6 Å². The number of esters is 1. The molecule has 7 heteroatoms. The Labute approximate surface area is 142 Å². The summed E-state index contributed by atoms with van der Waals surface area (Å²) in [4.78, 5) is 28.3. The summed E-state index contributed by atoms with van der Waals surface area (Å²) in [6.07, 6.45) is 1.59. The first-order chi connectivity index (χ1) is 11.6. The van der Waals surface area contributed by atoms with Crippen molar-refractivity contribution in [2.45, 2.75) is 13.0 Å². The second-order valence-corrected chi connectivity index (χ2v) is 5.58. The maximum absolute atomic E-state index is 12.6. The smallest absolute Gasteiger partial charge is 0.311 e. The monoisotopic (exact) mass is 343 g/mol. The normalized spacial score (nSPS) is 10.8. The van der Waals surface area contributed by atoms with E-state index in [1.54, 1.807) is 42.6 Å². The lowest BCUT2D eigenvalue weighted by Crippen LogP contribution is -2.26. The van der Waals surface area contributed by atoms with Gasteiger partial charge in [0.15, 0.2) is 0 Å². The molecule has 0 N–H and O–H groups in total. The van der Waals surface area contributed by atoms with Crippen molar-refractivity contribution in [3.8, 4) is 0 Å². The lowest BCUT2D eigenvalue weighted by Gasteiger charge is -2.10. The molecule has 3 aromatic rings. The van der Waals surface area contributed by atoms with Gasteiger partial charge in [0.1, 0.15) is 5.15 Å². The van der Waals surface area contributed by atoms with E-state index in [-0.39, 0.29) is 18.5 Å². The molecule has 0 saturated heterocycles. The molecular weight excluding hydrogens is 330 g/mol. The number of ether oxygens (including phenoxy) is 1. The van der Waals surface area contributed by atoms with Crippen LogP contribution in [-0.4, -0.2) is 27.8 Å². The number of rotatable bonds is 4. The van der Waals surface area contributed by atoms with Crippen molar-refractivity contribution in [1.82, 2.24) is 14.8 Å². The third kappa shape index (κ3) is 3.28. The van der Waals surface area contributed by atoms with Crippen LogP contribution in [0.5, 0.6) is 0 Å². The first-order valence-electron chi connectivity index (χ1n) is 7.24. The van der Waals surface area contributed by atoms with Gasteiger partial charge in [0.05, 0.1) is 31.2 Å². The highest BCUT2D eigenvalue weighted by Gasteiger charge is 2.14. The molecule has 0 spiro atoms. The van der Waals surface area contributed by atoms with Crippen LogP contribution in [0.4, 0.5) is 0 Å². The molecule has 0 saturated carbocycles. The summed E-state index contributed by atoms with van der Waals surface area (Å²) in [6, 6.07) is 10.5. The Balaban J connectivity index is 2.10. The Morgan fingerprint density at radius 2 is 1.96 bits per heavy atom. The zero-order valence-corrected chi connectivity index (χ0v) is 13.7. The van der Waals surface area contributed by atoms with E-state index in [0.29, 0.717) is 21.6 Å². The number of aromatic nitrogens is 3. The number of hydrogen-bond acceptors (Lipinski definition) is 5. The van der Waals surface area contributed by atoms with Crippen molar-refractivity contribution in [1.29, 1.82) is 0 Å². The van der Waals surface area contributed by atoms with E-state index in [4.69, 9.17) is 16.3 Å². The number of hydrogen-bond donors (Lipinski definition) is 0. The van der Waals surface area contributed by atoms with Crippen LogP contribution in [-0.2, 0) is 22.5 Å². The largest absolute Gasteiger partial charge is 0.469 e. The van der Waals surface area contributed by atoms with Gasteiger partial charge in [-0.15, -0.1) is 0 Å². The van der Waals surface area contributed by atoms with Gasteiger partial charge in [-0.05, 0) is 17.7 Å². The van der Waals surface area contributed by atoms with Gasteiger partial charge in [0.25, 0.3) is 5.56 Å². The highest BCUT2D eigenvalue weighted by molar-refractivity contribution is 6.29. The van der Waals surface area contributed by atoms with Gasteiger partial charge in [0.2, 0.25) is 0 Å². The van der Waals surface area contributed by atoms with Gasteiger partial charge < -0.3 is 4.74 Å². The fourth-order valence-electron chi connectivity index (χ4n) is 2.42. The standard InChI is InChI=1S/C17H14ClN3O3/c1-24-16(22)8-14-12-4-2-3-5-13(12)17(23)21(20-14)10-11-6-7-15(18)19-9-11/h2-7,9H,8,10H2,1H3. The van der Waals surface area contributed by atoms with E-state index in [2.05, 4.69) is 10.1 Å². The molecule has 0 unspecified atom stereocenters. The molecule has 0 aliphatic carbocycles. The molecule has 6 nitrogen and oxygen atoms in total. The van der Waals surface area contributed by atoms with E-state index >= 15 is 0 Å². The maximum Gasteiger partial charge on any atom is 0.311 e. The molecule has 24 heavy (non-hydrogen) atoms. The third-order valence-corrected chi connectivity index (χ3v) is 3.83. The average Bonchev–Trinajstić information content (AvgIpc) is 2.60. The van der Waals surface area contributed by atoms with Crippen molar-refractivity contribution < 1.29 is 9.53 Å². The third-order valence-electron chi connectivity index (χ3n) is 3.60. The van der Waals surface area contributed by atoms with Crippen molar-refractivity contribution in [3.05, 3.63) is 69.4 Å². The number of carbonyl (C=O) groups is 1. The highest BCUT2D eigenvalue weighted by Crippen LogP contribution is 2.15. The van der Waals surface area contributed by atoms with Crippen molar-refractivity contribution in [2.75, 3.05) is 7.11 Å².